The minimum Gasteiger partial charge on any atom is -0.313 e. The number of nitrogens with zero attached hydrogens (tertiary/aromatic N) is 2. The lowest BCUT2D eigenvalue weighted by Crippen LogP contribution is -2.48. The normalized spacial score (nSPS) is 20.8. The third-order valence-electron chi connectivity index (χ3n) is 3.76. The van der Waals surface area contributed by atoms with Crippen LogP contribution in [0, 0.1) is 6.92 Å². The van der Waals surface area contributed by atoms with E-state index in [2.05, 4.69) is 15.5 Å². The Morgan fingerprint density at radius 3 is 2.70 bits per heavy atom. The van der Waals surface area contributed by atoms with Gasteiger partial charge in [0, 0.05) is 18.6 Å². The van der Waals surface area contributed by atoms with Crippen LogP contribution >= 0.6 is 0 Å². The van der Waals surface area contributed by atoms with Gasteiger partial charge in [0.25, 0.3) is 0 Å². The van der Waals surface area contributed by atoms with Crippen LogP contribution in [0.15, 0.2) is 11.1 Å². The molecule has 1 aliphatic rings. The van der Waals surface area contributed by atoms with Gasteiger partial charge in [0.2, 0.25) is 10.0 Å². The van der Waals surface area contributed by atoms with Crippen molar-refractivity contribution in [3.63, 3.8) is 0 Å². The molecule has 7 heteroatoms. The van der Waals surface area contributed by atoms with E-state index in [9.17, 15) is 8.42 Å². The molecule has 0 amide bonds. The number of sulfonamides is 1. The summed E-state index contributed by atoms with van der Waals surface area (Å²) in [6, 6.07) is 0.172. The van der Waals surface area contributed by atoms with E-state index in [0.29, 0.717) is 12.2 Å². The molecule has 6 nitrogen and oxygen atoms in total. The summed E-state index contributed by atoms with van der Waals surface area (Å²) in [7, 11) is -3.49. The number of aromatic amines is 1. The molecular weight excluding hydrogens is 276 g/mol. The Hall–Kier alpha value is -0.920. The fraction of sp³-hybridized carbons (Fsp3) is 0.769. The highest BCUT2D eigenvalue weighted by Gasteiger charge is 2.31. The zero-order valence-corrected chi connectivity index (χ0v) is 13.2. The van der Waals surface area contributed by atoms with Gasteiger partial charge in [-0.1, -0.05) is 6.42 Å². The standard InChI is InChI=1S/C13H24N4O2S/c1-10(2)17(9-12-6-4-5-7-14-12)20(18,19)13-8-15-16-11(13)3/h8,10,12,14H,4-7,9H2,1-3H3,(H,15,16). The molecule has 1 aliphatic heterocycles. The third-order valence-corrected chi connectivity index (χ3v) is 5.91. The van der Waals surface area contributed by atoms with Crippen LogP contribution < -0.4 is 5.32 Å². The van der Waals surface area contributed by atoms with Gasteiger partial charge in [0.1, 0.15) is 4.90 Å². The van der Waals surface area contributed by atoms with Crippen LogP contribution in [0.3, 0.4) is 0 Å². The Morgan fingerprint density at radius 2 is 2.20 bits per heavy atom. The van der Waals surface area contributed by atoms with Crippen LogP contribution in [-0.4, -0.2) is 48.1 Å². The first-order valence-corrected chi connectivity index (χ1v) is 8.62. The quantitative estimate of drug-likeness (QED) is 0.858. The molecule has 1 unspecified atom stereocenters. The summed E-state index contributed by atoms with van der Waals surface area (Å²) in [5, 5.41) is 9.94. The summed E-state index contributed by atoms with van der Waals surface area (Å²) < 4.78 is 27.1. The highest BCUT2D eigenvalue weighted by Crippen LogP contribution is 2.21. The fourth-order valence-corrected chi connectivity index (χ4v) is 4.41. The molecule has 2 rings (SSSR count). The molecule has 1 aromatic rings. The summed E-state index contributed by atoms with van der Waals surface area (Å²) in [4.78, 5) is 0.280. The first-order valence-electron chi connectivity index (χ1n) is 7.18. The van der Waals surface area contributed by atoms with Crippen molar-refractivity contribution >= 4 is 10.0 Å². The van der Waals surface area contributed by atoms with Crippen LogP contribution in [0.2, 0.25) is 0 Å². The Kier molecular flexibility index (Phi) is 4.82. The molecule has 0 aromatic carbocycles. The van der Waals surface area contributed by atoms with Gasteiger partial charge in [-0.2, -0.15) is 9.40 Å². The molecule has 20 heavy (non-hydrogen) atoms. The number of hydrogen-bond acceptors (Lipinski definition) is 4. The predicted molar refractivity (Wildman–Crippen MR) is 78.0 cm³/mol. The molecule has 0 radical (unpaired) electrons. The molecule has 114 valence electrons. The number of hydrogen-bond donors (Lipinski definition) is 2. The molecule has 0 saturated carbocycles. The molecule has 2 N–H and O–H groups in total. The topological polar surface area (TPSA) is 78.1 Å². The summed E-state index contributed by atoms with van der Waals surface area (Å²) in [5.41, 5.74) is 0.590. The predicted octanol–water partition coefficient (Wildman–Crippen LogP) is 1.26. The lowest BCUT2D eigenvalue weighted by Gasteiger charge is -2.32. The maximum Gasteiger partial charge on any atom is 0.246 e. The summed E-state index contributed by atoms with van der Waals surface area (Å²) >= 11 is 0. The lowest BCUT2D eigenvalue weighted by molar-refractivity contribution is 0.282. The van der Waals surface area contributed by atoms with E-state index < -0.39 is 10.0 Å². The molecule has 1 atom stereocenters. The van der Waals surface area contributed by atoms with E-state index in [4.69, 9.17) is 0 Å². The number of H-pyrrole nitrogens is 1. The van der Waals surface area contributed by atoms with Crippen molar-refractivity contribution < 1.29 is 8.42 Å². The third kappa shape index (κ3) is 3.21. The smallest absolute Gasteiger partial charge is 0.246 e. The molecule has 0 aliphatic carbocycles. The largest absolute Gasteiger partial charge is 0.313 e. The highest BCUT2D eigenvalue weighted by molar-refractivity contribution is 7.89. The molecule has 0 bridgehead atoms. The summed E-state index contributed by atoms with van der Waals surface area (Å²) in [5.74, 6) is 0. The molecule has 2 heterocycles. The second kappa shape index (κ2) is 6.24. The van der Waals surface area contributed by atoms with Gasteiger partial charge in [0.05, 0.1) is 11.9 Å². The van der Waals surface area contributed by atoms with E-state index in [1.807, 2.05) is 13.8 Å². The Balaban J connectivity index is 2.21. The van der Waals surface area contributed by atoms with Crippen molar-refractivity contribution in [2.45, 2.75) is 57.0 Å². The molecule has 1 aromatic heterocycles. The van der Waals surface area contributed by atoms with Gasteiger partial charge >= 0.3 is 0 Å². The van der Waals surface area contributed by atoms with Crippen molar-refractivity contribution in [2.24, 2.45) is 0 Å². The fourth-order valence-electron chi connectivity index (χ4n) is 2.61. The molecule has 1 fully saturated rings. The highest BCUT2D eigenvalue weighted by atomic mass is 32.2. The van der Waals surface area contributed by atoms with Gasteiger partial charge < -0.3 is 5.32 Å². The minimum atomic E-state index is -3.49. The van der Waals surface area contributed by atoms with Gasteiger partial charge in [-0.05, 0) is 40.2 Å². The molecule has 0 spiro atoms. The van der Waals surface area contributed by atoms with E-state index >= 15 is 0 Å². The van der Waals surface area contributed by atoms with Crippen LogP contribution in [-0.2, 0) is 10.0 Å². The van der Waals surface area contributed by atoms with Crippen LogP contribution in [0.4, 0.5) is 0 Å². The van der Waals surface area contributed by atoms with Crippen molar-refractivity contribution in [1.29, 1.82) is 0 Å². The number of aryl methyl sites for hydroxylation is 1. The Bertz CT molecular complexity index is 532. The van der Waals surface area contributed by atoms with E-state index in [0.717, 1.165) is 19.4 Å². The number of piperidine rings is 1. The first-order chi connectivity index (χ1) is 9.43. The minimum absolute atomic E-state index is 0.0713. The zero-order chi connectivity index (χ0) is 14.8. The van der Waals surface area contributed by atoms with E-state index in [-0.39, 0.29) is 17.0 Å². The SMILES string of the molecule is Cc1[nH]ncc1S(=O)(=O)N(CC1CCCCN1)C(C)C. The van der Waals surface area contributed by atoms with Gasteiger partial charge in [0.15, 0.2) is 0 Å². The zero-order valence-electron chi connectivity index (χ0n) is 12.4. The second-order valence-electron chi connectivity index (χ2n) is 5.67. The van der Waals surface area contributed by atoms with Crippen molar-refractivity contribution in [3.05, 3.63) is 11.9 Å². The molecular formula is C13H24N4O2S. The number of nitrogens with one attached hydrogen (secondary N) is 2. The van der Waals surface area contributed by atoms with Crippen molar-refractivity contribution in [2.75, 3.05) is 13.1 Å². The number of rotatable bonds is 5. The Morgan fingerprint density at radius 1 is 1.45 bits per heavy atom. The monoisotopic (exact) mass is 300 g/mol. The van der Waals surface area contributed by atoms with E-state index in [1.54, 1.807) is 11.2 Å². The van der Waals surface area contributed by atoms with E-state index in [1.165, 1.54) is 12.6 Å². The van der Waals surface area contributed by atoms with Gasteiger partial charge in [-0.3, -0.25) is 5.10 Å². The second-order valence-corrected chi connectivity index (χ2v) is 7.53. The van der Waals surface area contributed by atoms with Crippen molar-refractivity contribution in [3.8, 4) is 0 Å². The summed E-state index contributed by atoms with van der Waals surface area (Å²) in [6.07, 6.45) is 4.76. The van der Waals surface area contributed by atoms with Gasteiger partial charge in [-0.15, -0.1) is 0 Å². The average molecular weight is 300 g/mol. The Labute approximate surface area is 121 Å². The van der Waals surface area contributed by atoms with Gasteiger partial charge in [-0.25, -0.2) is 8.42 Å². The van der Waals surface area contributed by atoms with Crippen molar-refractivity contribution in [1.82, 2.24) is 19.8 Å². The van der Waals surface area contributed by atoms with Crippen LogP contribution in [0.25, 0.3) is 0 Å². The summed E-state index contributed by atoms with van der Waals surface area (Å²) in [6.45, 7) is 7.05. The first kappa shape index (κ1) is 15.5. The lowest BCUT2D eigenvalue weighted by atomic mass is 10.1. The average Bonchev–Trinajstić information content (AvgIpc) is 2.83. The maximum absolute atomic E-state index is 12.8. The maximum atomic E-state index is 12.8. The number of aromatic nitrogens is 2. The van der Waals surface area contributed by atoms with Crippen LogP contribution in [0.5, 0.6) is 0 Å². The van der Waals surface area contributed by atoms with Crippen LogP contribution in [0.1, 0.15) is 38.8 Å². The molecule has 1 saturated heterocycles.